The number of aromatic nitrogens is 1. The zero-order valence-corrected chi connectivity index (χ0v) is 5.85. The second-order valence-electron chi connectivity index (χ2n) is 2.16. The van der Waals surface area contributed by atoms with Gasteiger partial charge in [0.15, 0.2) is 5.78 Å². The predicted octanol–water partition coefficient (Wildman–Crippen LogP) is 0.676. The summed E-state index contributed by atoms with van der Waals surface area (Å²) in [4.78, 5) is 13.6. The Bertz CT molecular complexity index is 240. The number of nitrogens with one attached hydrogen (secondary N) is 1. The second kappa shape index (κ2) is 2.66. The van der Waals surface area contributed by atoms with Gasteiger partial charge in [0, 0.05) is 19.2 Å². The van der Waals surface area contributed by atoms with Crippen molar-refractivity contribution in [1.82, 2.24) is 4.98 Å². The second-order valence-corrected chi connectivity index (χ2v) is 2.16. The topological polar surface area (TPSA) is 58.9 Å². The van der Waals surface area contributed by atoms with Crippen LogP contribution in [0.3, 0.4) is 0 Å². The quantitative estimate of drug-likeness (QED) is 0.590. The molecule has 0 saturated carbocycles. The van der Waals surface area contributed by atoms with Gasteiger partial charge in [-0.25, -0.2) is 0 Å². The summed E-state index contributed by atoms with van der Waals surface area (Å²) in [6, 6.07) is 3.56. The Balaban J connectivity index is 2.88. The van der Waals surface area contributed by atoms with Crippen LogP contribution in [0.2, 0.25) is 0 Å². The molecule has 0 saturated heterocycles. The number of hydrogen-bond donors (Lipinski definition) is 2. The molecule has 3 nitrogen and oxygen atoms in total. The van der Waals surface area contributed by atoms with Gasteiger partial charge in [-0.05, 0) is 12.1 Å². The van der Waals surface area contributed by atoms with E-state index in [1.54, 1.807) is 6.07 Å². The van der Waals surface area contributed by atoms with E-state index >= 15 is 0 Å². The summed E-state index contributed by atoms with van der Waals surface area (Å²) >= 11 is 0. The Morgan fingerprint density at radius 3 is 2.70 bits per heavy atom. The van der Waals surface area contributed by atoms with E-state index in [4.69, 9.17) is 5.73 Å². The molecule has 3 N–H and O–H groups in total. The molecular formula is C7H10N2O. The van der Waals surface area contributed by atoms with Crippen LogP contribution in [0.15, 0.2) is 12.1 Å². The molecule has 10 heavy (non-hydrogen) atoms. The highest BCUT2D eigenvalue weighted by atomic mass is 16.1. The van der Waals surface area contributed by atoms with Gasteiger partial charge in [-0.15, -0.1) is 0 Å². The highest BCUT2D eigenvalue weighted by Gasteiger charge is 1.99. The molecule has 3 heteroatoms. The minimum Gasteiger partial charge on any atom is -0.355 e. The van der Waals surface area contributed by atoms with Gasteiger partial charge in [0.2, 0.25) is 0 Å². The van der Waals surface area contributed by atoms with Crippen LogP contribution < -0.4 is 5.73 Å². The summed E-state index contributed by atoms with van der Waals surface area (Å²) in [5.41, 5.74) is 6.84. The normalized spacial score (nSPS) is 9.80. The summed E-state index contributed by atoms with van der Waals surface area (Å²) in [7, 11) is 0. The smallest absolute Gasteiger partial charge is 0.175 e. The van der Waals surface area contributed by atoms with E-state index in [0.29, 0.717) is 12.2 Å². The molecule has 0 aliphatic heterocycles. The number of H-pyrrole nitrogens is 1. The predicted molar refractivity (Wildman–Crippen MR) is 38.7 cm³/mol. The lowest BCUT2D eigenvalue weighted by atomic mass is 10.3. The lowest BCUT2D eigenvalue weighted by Crippen LogP contribution is -1.98. The van der Waals surface area contributed by atoms with E-state index in [2.05, 4.69) is 4.98 Å². The number of carbonyl (C=O) groups excluding carboxylic acids is 1. The standard InChI is InChI=1S/C7H10N2O/c1-5(10)7-3-2-6(4-8)9-7/h2-3,9H,4,8H2,1H3. The van der Waals surface area contributed by atoms with E-state index in [9.17, 15) is 4.79 Å². The number of Topliss-reactive ketones (excluding diaryl/α,β-unsaturated/α-hetero) is 1. The lowest BCUT2D eigenvalue weighted by molar-refractivity contribution is 0.101. The molecule has 0 aliphatic rings. The first-order valence-corrected chi connectivity index (χ1v) is 3.13. The maximum Gasteiger partial charge on any atom is 0.175 e. The van der Waals surface area contributed by atoms with Crippen molar-refractivity contribution < 1.29 is 4.79 Å². The van der Waals surface area contributed by atoms with Crippen LogP contribution in [0.5, 0.6) is 0 Å². The molecule has 1 rings (SSSR count). The molecule has 0 unspecified atom stereocenters. The number of aromatic amines is 1. The molecule has 1 aromatic heterocycles. The molecular weight excluding hydrogens is 128 g/mol. The monoisotopic (exact) mass is 138 g/mol. The minimum absolute atomic E-state index is 0.0414. The zero-order valence-electron chi connectivity index (χ0n) is 5.85. The van der Waals surface area contributed by atoms with Gasteiger partial charge in [-0.2, -0.15) is 0 Å². The summed E-state index contributed by atoms with van der Waals surface area (Å²) in [6.07, 6.45) is 0. The Kier molecular flexibility index (Phi) is 1.87. The molecule has 54 valence electrons. The highest BCUT2D eigenvalue weighted by Crippen LogP contribution is 2.00. The Hall–Kier alpha value is -1.09. The molecule has 0 fully saturated rings. The maximum atomic E-state index is 10.7. The van der Waals surface area contributed by atoms with Crippen molar-refractivity contribution in [3.05, 3.63) is 23.5 Å². The van der Waals surface area contributed by atoms with Gasteiger partial charge in [-0.3, -0.25) is 4.79 Å². The van der Waals surface area contributed by atoms with Crippen molar-refractivity contribution in [3.63, 3.8) is 0 Å². The number of hydrogen-bond acceptors (Lipinski definition) is 2. The van der Waals surface area contributed by atoms with E-state index in [1.807, 2.05) is 6.07 Å². The minimum atomic E-state index is 0.0414. The van der Waals surface area contributed by atoms with Crippen LogP contribution >= 0.6 is 0 Å². The van der Waals surface area contributed by atoms with Crippen molar-refractivity contribution >= 4 is 5.78 Å². The molecule has 0 atom stereocenters. The van der Waals surface area contributed by atoms with Gasteiger partial charge in [0.05, 0.1) is 5.69 Å². The maximum absolute atomic E-state index is 10.7. The Morgan fingerprint density at radius 1 is 1.70 bits per heavy atom. The molecule has 0 radical (unpaired) electrons. The van der Waals surface area contributed by atoms with Gasteiger partial charge in [0.25, 0.3) is 0 Å². The first kappa shape index (κ1) is 7.02. The molecule has 0 aliphatic carbocycles. The Morgan fingerprint density at radius 2 is 2.40 bits per heavy atom. The number of rotatable bonds is 2. The van der Waals surface area contributed by atoms with Crippen molar-refractivity contribution in [2.24, 2.45) is 5.73 Å². The van der Waals surface area contributed by atoms with Gasteiger partial charge in [0.1, 0.15) is 0 Å². The molecule has 0 spiro atoms. The number of carbonyl (C=O) groups is 1. The summed E-state index contributed by atoms with van der Waals surface area (Å²) in [5, 5.41) is 0. The molecule has 0 bridgehead atoms. The summed E-state index contributed by atoms with van der Waals surface area (Å²) in [6.45, 7) is 1.97. The Labute approximate surface area is 59.2 Å². The van der Waals surface area contributed by atoms with Gasteiger partial charge in [-0.1, -0.05) is 0 Å². The SMILES string of the molecule is CC(=O)c1ccc(CN)[nH]1. The van der Waals surface area contributed by atoms with E-state index in [0.717, 1.165) is 5.69 Å². The van der Waals surface area contributed by atoms with Crippen LogP contribution in [-0.4, -0.2) is 10.8 Å². The fourth-order valence-electron chi connectivity index (χ4n) is 0.765. The molecule has 1 heterocycles. The van der Waals surface area contributed by atoms with E-state index in [-0.39, 0.29) is 5.78 Å². The highest BCUT2D eigenvalue weighted by molar-refractivity contribution is 5.92. The first-order valence-electron chi connectivity index (χ1n) is 3.13. The summed E-state index contributed by atoms with van der Waals surface area (Å²) in [5.74, 6) is 0.0414. The van der Waals surface area contributed by atoms with Crippen molar-refractivity contribution in [2.45, 2.75) is 13.5 Å². The van der Waals surface area contributed by atoms with Crippen LogP contribution in [-0.2, 0) is 6.54 Å². The average Bonchev–Trinajstić information content (AvgIpc) is 2.34. The van der Waals surface area contributed by atoms with Crippen LogP contribution in [0.25, 0.3) is 0 Å². The average molecular weight is 138 g/mol. The fourth-order valence-corrected chi connectivity index (χ4v) is 0.765. The third-order valence-corrected chi connectivity index (χ3v) is 1.35. The lowest BCUT2D eigenvalue weighted by Gasteiger charge is -1.88. The zero-order chi connectivity index (χ0) is 7.56. The van der Waals surface area contributed by atoms with Crippen molar-refractivity contribution in [3.8, 4) is 0 Å². The number of nitrogens with two attached hydrogens (primary N) is 1. The largest absolute Gasteiger partial charge is 0.355 e. The molecule has 0 aromatic carbocycles. The van der Waals surface area contributed by atoms with Crippen LogP contribution in [0.1, 0.15) is 23.1 Å². The van der Waals surface area contributed by atoms with Crippen molar-refractivity contribution in [2.75, 3.05) is 0 Å². The van der Waals surface area contributed by atoms with E-state index < -0.39 is 0 Å². The summed E-state index contributed by atoms with van der Waals surface area (Å²) < 4.78 is 0. The van der Waals surface area contributed by atoms with Crippen molar-refractivity contribution in [1.29, 1.82) is 0 Å². The number of ketones is 1. The first-order chi connectivity index (χ1) is 4.74. The third-order valence-electron chi connectivity index (χ3n) is 1.35. The molecule has 0 amide bonds. The van der Waals surface area contributed by atoms with Gasteiger partial charge >= 0.3 is 0 Å². The van der Waals surface area contributed by atoms with Crippen LogP contribution in [0, 0.1) is 0 Å². The molecule has 1 aromatic rings. The van der Waals surface area contributed by atoms with Crippen LogP contribution in [0.4, 0.5) is 0 Å². The third kappa shape index (κ3) is 1.25. The fraction of sp³-hybridized carbons (Fsp3) is 0.286. The van der Waals surface area contributed by atoms with E-state index in [1.165, 1.54) is 6.92 Å². The van der Waals surface area contributed by atoms with Gasteiger partial charge < -0.3 is 10.7 Å².